The second-order valence-corrected chi connectivity index (χ2v) is 3.38. The number of aromatic nitrogens is 2. The molecule has 0 amide bonds. The molecule has 1 heterocycles. The van der Waals surface area contributed by atoms with Gasteiger partial charge in [0.2, 0.25) is 11.1 Å². The van der Waals surface area contributed by atoms with Gasteiger partial charge in [-0.05, 0) is 5.92 Å². The summed E-state index contributed by atoms with van der Waals surface area (Å²) in [6, 6.07) is 0. The summed E-state index contributed by atoms with van der Waals surface area (Å²) in [5.41, 5.74) is 5.32. The van der Waals surface area contributed by atoms with E-state index in [1.54, 1.807) is 0 Å². The number of hydrogen-bond acceptors (Lipinski definition) is 6. The molecule has 4 N–H and O–H groups in total. The molecule has 6 heteroatoms. The normalized spacial score (nSPS) is 12.8. The maximum absolute atomic E-state index is 8.72. The predicted molar refractivity (Wildman–Crippen MR) is 49.1 cm³/mol. The molecule has 0 radical (unpaired) electrons. The van der Waals surface area contributed by atoms with Crippen LogP contribution in [0.2, 0.25) is 0 Å². The Hall–Kier alpha value is -0.880. The van der Waals surface area contributed by atoms with Gasteiger partial charge in [-0.25, -0.2) is 0 Å². The van der Waals surface area contributed by atoms with Crippen molar-refractivity contribution in [2.75, 3.05) is 24.2 Å². The van der Waals surface area contributed by atoms with Gasteiger partial charge in [-0.15, -0.1) is 0 Å². The largest absolute Gasteiger partial charge is 0.396 e. The van der Waals surface area contributed by atoms with E-state index in [9.17, 15) is 0 Å². The quantitative estimate of drug-likeness (QED) is 0.627. The van der Waals surface area contributed by atoms with Crippen molar-refractivity contribution >= 4 is 22.6 Å². The Morgan fingerprint density at radius 3 is 3.00 bits per heavy atom. The number of nitrogens with one attached hydrogen (secondary N) is 1. The molecule has 0 bridgehead atoms. The van der Waals surface area contributed by atoms with Crippen LogP contribution in [0.1, 0.15) is 6.92 Å². The minimum atomic E-state index is 0.168. The molecule has 0 aliphatic heterocycles. The highest BCUT2D eigenvalue weighted by molar-refractivity contribution is 7.09. The van der Waals surface area contributed by atoms with Crippen molar-refractivity contribution in [1.29, 1.82) is 0 Å². The topological polar surface area (TPSA) is 84.1 Å². The number of hydrogen-bond donors (Lipinski definition) is 3. The monoisotopic (exact) mass is 188 g/mol. The van der Waals surface area contributed by atoms with Crippen LogP contribution in [0, 0.1) is 5.92 Å². The van der Waals surface area contributed by atoms with E-state index in [0.717, 1.165) is 0 Å². The van der Waals surface area contributed by atoms with Gasteiger partial charge in [0.15, 0.2) is 0 Å². The van der Waals surface area contributed by atoms with Gasteiger partial charge in [0.1, 0.15) is 0 Å². The second kappa shape index (κ2) is 4.22. The van der Waals surface area contributed by atoms with Gasteiger partial charge in [-0.1, -0.05) is 6.92 Å². The fourth-order valence-corrected chi connectivity index (χ4v) is 1.14. The maximum atomic E-state index is 8.72. The SMILES string of the molecule is CC(CO)CNc1nc(N)ns1. The molecule has 0 saturated carbocycles. The van der Waals surface area contributed by atoms with E-state index in [1.165, 1.54) is 11.5 Å². The molecule has 68 valence electrons. The first kappa shape index (κ1) is 9.21. The summed E-state index contributed by atoms with van der Waals surface area (Å²) in [5, 5.41) is 12.4. The van der Waals surface area contributed by atoms with Gasteiger partial charge < -0.3 is 16.2 Å². The first-order chi connectivity index (χ1) is 5.72. The van der Waals surface area contributed by atoms with Crippen molar-refractivity contribution in [3.63, 3.8) is 0 Å². The molecule has 5 nitrogen and oxygen atoms in total. The Kier molecular flexibility index (Phi) is 3.24. The Morgan fingerprint density at radius 1 is 1.75 bits per heavy atom. The molecule has 1 aromatic heterocycles. The fraction of sp³-hybridized carbons (Fsp3) is 0.667. The molecular formula is C6H12N4OS. The minimum absolute atomic E-state index is 0.168. The predicted octanol–water partition coefficient (Wildman–Crippen LogP) is 0.161. The Morgan fingerprint density at radius 2 is 2.50 bits per heavy atom. The molecule has 0 aliphatic carbocycles. The summed E-state index contributed by atoms with van der Waals surface area (Å²) in [6.45, 7) is 2.80. The van der Waals surface area contributed by atoms with Crippen LogP contribution in [-0.2, 0) is 0 Å². The highest BCUT2D eigenvalue weighted by atomic mass is 32.1. The highest BCUT2D eigenvalue weighted by Crippen LogP contribution is 2.11. The molecule has 0 aliphatic rings. The van der Waals surface area contributed by atoms with Crippen molar-refractivity contribution < 1.29 is 5.11 Å². The van der Waals surface area contributed by atoms with Crippen LogP contribution in [0.3, 0.4) is 0 Å². The van der Waals surface area contributed by atoms with Crippen LogP contribution in [0.25, 0.3) is 0 Å². The Balaban J connectivity index is 2.33. The third-order valence-electron chi connectivity index (χ3n) is 1.36. The molecular weight excluding hydrogens is 176 g/mol. The Bertz CT molecular complexity index is 239. The number of nitrogens with zero attached hydrogens (tertiary/aromatic N) is 2. The minimum Gasteiger partial charge on any atom is -0.396 e. The van der Waals surface area contributed by atoms with Gasteiger partial charge in [0.05, 0.1) is 0 Å². The van der Waals surface area contributed by atoms with Crippen LogP contribution >= 0.6 is 11.5 Å². The zero-order valence-electron chi connectivity index (χ0n) is 6.82. The Labute approximate surface area is 74.8 Å². The number of anilines is 2. The van der Waals surface area contributed by atoms with Gasteiger partial charge in [-0.2, -0.15) is 9.36 Å². The molecule has 0 saturated heterocycles. The number of aliphatic hydroxyl groups excluding tert-OH is 1. The molecule has 1 unspecified atom stereocenters. The van der Waals surface area contributed by atoms with E-state index in [4.69, 9.17) is 10.8 Å². The van der Waals surface area contributed by atoms with Crippen molar-refractivity contribution in [3.8, 4) is 0 Å². The van der Waals surface area contributed by atoms with Gasteiger partial charge in [0, 0.05) is 24.7 Å². The summed E-state index contributed by atoms with van der Waals surface area (Å²) in [4.78, 5) is 3.91. The lowest BCUT2D eigenvalue weighted by atomic mass is 10.2. The molecule has 1 aromatic rings. The van der Waals surface area contributed by atoms with E-state index >= 15 is 0 Å². The summed E-state index contributed by atoms with van der Waals surface area (Å²) >= 11 is 1.22. The van der Waals surface area contributed by atoms with Crippen molar-refractivity contribution in [3.05, 3.63) is 0 Å². The van der Waals surface area contributed by atoms with Crippen LogP contribution in [0.5, 0.6) is 0 Å². The average Bonchev–Trinajstić information content (AvgIpc) is 2.47. The molecule has 0 fully saturated rings. The molecule has 0 spiro atoms. The summed E-state index contributed by atoms with van der Waals surface area (Å²) in [6.07, 6.45) is 0. The number of nitrogens with two attached hydrogens (primary N) is 1. The molecule has 12 heavy (non-hydrogen) atoms. The van der Waals surface area contributed by atoms with Crippen molar-refractivity contribution in [1.82, 2.24) is 9.36 Å². The van der Waals surface area contributed by atoms with Crippen LogP contribution in [-0.4, -0.2) is 27.6 Å². The van der Waals surface area contributed by atoms with Crippen LogP contribution in [0.4, 0.5) is 11.1 Å². The van der Waals surface area contributed by atoms with Crippen molar-refractivity contribution in [2.24, 2.45) is 5.92 Å². The third-order valence-corrected chi connectivity index (χ3v) is 2.04. The fourth-order valence-electron chi connectivity index (χ4n) is 0.633. The zero-order valence-corrected chi connectivity index (χ0v) is 7.64. The summed E-state index contributed by atoms with van der Waals surface area (Å²) in [7, 11) is 0. The average molecular weight is 188 g/mol. The van der Waals surface area contributed by atoms with Gasteiger partial charge in [-0.3, -0.25) is 0 Å². The first-order valence-corrected chi connectivity index (χ1v) is 4.43. The third kappa shape index (κ3) is 2.63. The zero-order chi connectivity index (χ0) is 8.97. The molecule has 1 atom stereocenters. The van der Waals surface area contributed by atoms with Gasteiger partial charge in [0.25, 0.3) is 0 Å². The summed E-state index contributed by atoms with van der Waals surface area (Å²) in [5.74, 6) is 0.509. The van der Waals surface area contributed by atoms with E-state index in [0.29, 0.717) is 17.6 Å². The molecule has 0 aromatic carbocycles. The highest BCUT2D eigenvalue weighted by Gasteiger charge is 2.02. The summed E-state index contributed by atoms with van der Waals surface area (Å²) < 4.78 is 3.80. The lowest BCUT2D eigenvalue weighted by Crippen LogP contribution is -2.14. The van der Waals surface area contributed by atoms with E-state index in [1.807, 2.05) is 6.92 Å². The second-order valence-electron chi connectivity index (χ2n) is 2.63. The van der Waals surface area contributed by atoms with Crippen LogP contribution < -0.4 is 11.1 Å². The molecule has 1 rings (SSSR count). The number of aliphatic hydroxyl groups is 1. The van der Waals surface area contributed by atoms with Crippen molar-refractivity contribution in [2.45, 2.75) is 6.92 Å². The lowest BCUT2D eigenvalue weighted by Gasteiger charge is -2.06. The number of nitrogen functional groups attached to an aromatic ring is 1. The smallest absolute Gasteiger partial charge is 0.233 e. The first-order valence-electron chi connectivity index (χ1n) is 3.66. The number of rotatable bonds is 4. The standard InChI is InChI=1S/C6H12N4OS/c1-4(3-11)2-8-6-9-5(7)10-12-6/h4,11H,2-3H2,1H3,(H3,7,8,9,10). The van der Waals surface area contributed by atoms with Gasteiger partial charge >= 0.3 is 0 Å². The van der Waals surface area contributed by atoms with E-state index in [2.05, 4.69) is 14.7 Å². The van der Waals surface area contributed by atoms with E-state index in [-0.39, 0.29) is 12.5 Å². The van der Waals surface area contributed by atoms with Crippen LogP contribution in [0.15, 0.2) is 0 Å². The maximum Gasteiger partial charge on any atom is 0.233 e. The lowest BCUT2D eigenvalue weighted by molar-refractivity contribution is 0.244. The van der Waals surface area contributed by atoms with E-state index < -0.39 is 0 Å².